The van der Waals surface area contributed by atoms with Crippen molar-refractivity contribution in [2.45, 2.75) is 43.0 Å². The van der Waals surface area contributed by atoms with Gasteiger partial charge in [-0.25, -0.2) is 8.42 Å². The van der Waals surface area contributed by atoms with E-state index in [4.69, 9.17) is 4.52 Å². The highest BCUT2D eigenvalue weighted by Crippen LogP contribution is 2.43. The van der Waals surface area contributed by atoms with E-state index in [1.165, 1.54) is 0 Å². The molecule has 1 amide bonds. The minimum Gasteiger partial charge on any atom is -0.360 e. The van der Waals surface area contributed by atoms with E-state index in [2.05, 4.69) is 10.5 Å². The lowest BCUT2D eigenvalue weighted by Crippen LogP contribution is -2.52. The molecule has 0 radical (unpaired) electrons. The average Bonchev–Trinajstić information content (AvgIpc) is 3.28. The number of nitrogens with zero attached hydrogens (tertiary/aromatic N) is 2. The van der Waals surface area contributed by atoms with Crippen LogP contribution >= 0.6 is 0 Å². The summed E-state index contributed by atoms with van der Waals surface area (Å²) in [5.74, 6) is 1.41. The minimum atomic E-state index is -3.49. The average molecular weight is 401 g/mol. The van der Waals surface area contributed by atoms with E-state index in [1.54, 1.807) is 22.5 Å². The van der Waals surface area contributed by atoms with Crippen molar-refractivity contribution < 1.29 is 17.7 Å². The Morgan fingerprint density at radius 1 is 1.21 bits per heavy atom. The van der Waals surface area contributed by atoms with Crippen LogP contribution in [-0.2, 0) is 10.0 Å². The maximum absolute atomic E-state index is 12.9. The van der Waals surface area contributed by atoms with Crippen LogP contribution in [0.4, 0.5) is 0 Å². The molecule has 8 heteroatoms. The maximum atomic E-state index is 12.9. The Hall–Kier alpha value is -2.19. The van der Waals surface area contributed by atoms with Crippen molar-refractivity contribution in [2.75, 3.05) is 13.1 Å². The van der Waals surface area contributed by atoms with Crippen molar-refractivity contribution >= 4 is 15.9 Å². The summed E-state index contributed by atoms with van der Waals surface area (Å²) in [6.07, 6.45) is 2.98. The summed E-state index contributed by atoms with van der Waals surface area (Å²) in [4.78, 5) is 12.8. The first-order valence-electron chi connectivity index (χ1n) is 9.76. The van der Waals surface area contributed by atoms with Gasteiger partial charge in [0.25, 0.3) is 5.91 Å². The summed E-state index contributed by atoms with van der Waals surface area (Å²) in [7, 11) is -3.49. The molecule has 1 aromatic carbocycles. The third kappa shape index (κ3) is 3.04. The number of hydrogen-bond donors (Lipinski definition) is 1. The molecule has 148 valence electrons. The van der Waals surface area contributed by atoms with Crippen molar-refractivity contribution in [3.05, 3.63) is 47.3 Å². The number of nitrogens with one attached hydrogen (secondary N) is 1. The molecular formula is C20H23N3O4S. The first kappa shape index (κ1) is 17.9. The number of carbonyl (C=O) groups is 1. The number of hydrogen-bond acceptors (Lipinski definition) is 5. The lowest BCUT2D eigenvalue weighted by molar-refractivity contribution is 0.0823. The Balaban J connectivity index is 1.23. The Kier molecular flexibility index (Phi) is 4.10. The van der Waals surface area contributed by atoms with Gasteiger partial charge < -0.3 is 9.84 Å². The highest BCUT2D eigenvalue weighted by atomic mass is 32.2. The molecule has 0 bridgehead atoms. The molecule has 28 heavy (non-hydrogen) atoms. The molecule has 2 saturated carbocycles. The van der Waals surface area contributed by atoms with Crippen molar-refractivity contribution in [3.63, 3.8) is 0 Å². The van der Waals surface area contributed by atoms with E-state index in [0.29, 0.717) is 35.5 Å². The first-order chi connectivity index (χ1) is 13.4. The fourth-order valence-electron chi connectivity index (χ4n) is 4.29. The first-order valence-corrected chi connectivity index (χ1v) is 11.2. The Bertz CT molecular complexity index is 1010. The fourth-order valence-corrected chi connectivity index (χ4v) is 5.82. The molecule has 3 fully saturated rings. The van der Waals surface area contributed by atoms with E-state index in [-0.39, 0.29) is 17.9 Å². The molecule has 2 aliphatic carbocycles. The maximum Gasteiger partial charge on any atom is 0.273 e. The SMILES string of the molecule is Cc1ccc(S(=O)(=O)N2C[C@H]3C[C@H](NC(=O)c4cc(C5CC5)on4)[C@H]3C2)cc1. The quantitative estimate of drug-likeness (QED) is 0.830. The number of benzene rings is 1. The highest BCUT2D eigenvalue weighted by Gasteiger charge is 2.50. The van der Waals surface area contributed by atoms with Gasteiger partial charge in [-0.15, -0.1) is 0 Å². The number of aryl methyl sites for hydroxylation is 1. The molecule has 7 nitrogen and oxygen atoms in total. The third-order valence-electron chi connectivity index (χ3n) is 6.25. The van der Waals surface area contributed by atoms with Crippen LogP contribution in [0.25, 0.3) is 0 Å². The minimum absolute atomic E-state index is 0.0169. The molecule has 3 aliphatic rings. The van der Waals surface area contributed by atoms with Crippen molar-refractivity contribution in [1.29, 1.82) is 0 Å². The molecule has 1 saturated heterocycles. The van der Waals surface area contributed by atoms with Gasteiger partial charge in [0.15, 0.2) is 5.69 Å². The summed E-state index contributed by atoms with van der Waals surface area (Å²) in [5.41, 5.74) is 1.34. The summed E-state index contributed by atoms with van der Waals surface area (Å²) in [6.45, 7) is 2.89. The normalized spacial score (nSPS) is 27.2. The summed E-state index contributed by atoms with van der Waals surface area (Å²) in [5, 5.41) is 6.89. The molecular weight excluding hydrogens is 378 g/mol. The van der Waals surface area contributed by atoms with Crippen LogP contribution < -0.4 is 5.32 Å². The Morgan fingerprint density at radius 3 is 2.68 bits per heavy atom. The lowest BCUT2D eigenvalue weighted by Gasteiger charge is -2.39. The monoisotopic (exact) mass is 401 g/mol. The van der Waals surface area contributed by atoms with Crippen molar-refractivity contribution in [1.82, 2.24) is 14.8 Å². The van der Waals surface area contributed by atoms with E-state index in [9.17, 15) is 13.2 Å². The van der Waals surface area contributed by atoms with Gasteiger partial charge in [0, 0.05) is 31.1 Å². The standard InChI is InChI=1S/C20H23N3O4S/c1-12-2-6-15(7-3-12)28(25,26)23-10-14-8-17(16(14)11-23)21-20(24)18-9-19(27-22-18)13-4-5-13/h2-3,6-7,9,13-14,16-17H,4-5,8,10-11H2,1H3,(H,21,24)/t14-,16+,17+/m1/s1. The van der Waals surface area contributed by atoms with Crippen molar-refractivity contribution in [3.8, 4) is 0 Å². The van der Waals surface area contributed by atoms with Gasteiger partial charge in [0.2, 0.25) is 10.0 Å². The number of fused-ring (bicyclic) bond motifs is 1. The van der Waals surface area contributed by atoms with Gasteiger partial charge in [-0.05, 0) is 50.2 Å². The van der Waals surface area contributed by atoms with Crippen LogP contribution in [0.15, 0.2) is 39.8 Å². The summed E-state index contributed by atoms with van der Waals surface area (Å²) in [6, 6.07) is 8.66. The van der Waals surface area contributed by atoms with Gasteiger partial charge in [0.05, 0.1) is 4.90 Å². The lowest BCUT2D eigenvalue weighted by atomic mass is 9.71. The van der Waals surface area contributed by atoms with Gasteiger partial charge >= 0.3 is 0 Å². The number of aromatic nitrogens is 1. The van der Waals surface area contributed by atoms with Gasteiger partial charge in [0.1, 0.15) is 5.76 Å². The van der Waals surface area contributed by atoms with Crippen LogP contribution in [0, 0.1) is 18.8 Å². The van der Waals surface area contributed by atoms with Gasteiger partial charge in [-0.1, -0.05) is 22.9 Å². The molecule has 5 rings (SSSR count). The second-order valence-corrected chi connectivity index (χ2v) is 10.2. The number of amides is 1. The zero-order valence-corrected chi connectivity index (χ0v) is 16.5. The number of carbonyl (C=O) groups excluding carboxylic acids is 1. The predicted octanol–water partition coefficient (Wildman–Crippen LogP) is 2.30. The van der Waals surface area contributed by atoms with Gasteiger partial charge in [-0.2, -0.15) is 4.31 Å². The molecule has 0 spiro atoms. The van der Waals surface area contributed by atoms with E-state index in [1.807, 2.05) is 19.1 Å². The fraction of sp³-hybridized carbons (Fsp3) is 0.500. The molecule has 1 aliphatic heterocycles. The van der Waals surface area contributed by atoms with Gasteiger partial charge in [-0.3, -0.25) is 4.79 Å². The molecule has 0 unspecified atom stereocenters. The largest absolute Gasteiger partial charge is 0.360 e. The van der Waals surface area contributed by atoms with E-state index < -0.39 is 10.0 Å². The smallest absolute Gasteiger partial charge is 0.273 e. The van der Waals surface area contributed by atoms with E-state index >= 15 is 0 Å². The van der Waals surface area contributed by atoms with Crippen molar-refractivity contribution in [2.24, 2.45) is 11.8 Å². The number of sulfonamides is 1. The summed E-state index contributed by atoms with van der Waals surface area (Å²) >= 11 is 0. The van der Waals surface area contributed by atoms with Crippen LogP contribution in [0.3, 0.4) is 0 Å². The number of rotatable bonds is 5. The second-order valence-electron chi connectivity index (χ2n) is 8.26. The molecule has 2 aromatic rings. The van der Waals surface area contributed by atoms with E-state index in [0.717, 1.165) is 30.6 Å². The Morgan fingerprint density at radius 2 is 1.96 bits per heavy atom. The second kappa shape index (κ2) is 6.42. The molecule has 3 atom stereocenters. The predicted molar refractivity (Wildman–Crippen MR) is 101 cm³/mol. The zero-order chi connectivity index (χ0) is 19.5. The molecule has 1 N–H and O–H groups in total. The Labute approximate surface area is 164 Å². The topological polar surface area (TPSA) is 92.5 Å². The van der Waals surface area contributed by atoms with Crippen LogP contribution in [0.1, 0.15) is 47.0 Å². The third-order valence-corrected chi connectivity index (χ3v) is 8.09. The zero-order valence-electron chi connectivity index (χ0n) is 15.7. The molecule has 2 heterocycles. The molecule has 1 aromatic heterocycles. The van der Waals surface area contributed by atoms with Crippen LogP contribution in [0.5, 0.6) is 0 Å². The van der Waals surface area contributed by atoms with Crippen LogP contribution in [0.2, 0.25) is 0 Å². The van der Waals surface area contributed by atoms with Crippen LogP contribution in [-0.4, -0.2) is 42.9 Å². The summed E-state index contributed by atoms with van der Waals surface area (Å²) < 4.78 is 32.6. The highest BCUT2D eigenvalue weighted by molar-refractivity contribution is 7.89.